The topological polar surface area (TPSA) is 13.1 Å². The average Bonchev–Trinajstić information content (AvgIpc) is 3.65. The van der Waals surface area contributed by atoms with Gasteiger partial charge in [-0.2, -0.15) is 0 Å². The van der Waals surface area contributed by atoms with Crippen molar-refractivity contribution in [3.8, 4) is 33.4 Å². The molecule has 1 heteroatoms. The molecule has 0 saturated heterocycles. The molecule has 1 heterocycles. The molecular formula is C49H32O. The van der Waals surface area contributed by atoms with Crippen LogP contribution in [0.2, 0.25) is 0 Å². The molecule has 0 fully saturated rings. The molecule has 0 unspecified atom stereocenters. The molecule has 1 aromatic heterocycles. The third-order valence-corrected chi connectivity index (χ3v) is 9.76. The molecule has 0 aliphatic carbocycles. The summed E-state index contributed by atoms with van der Waals surface area (Å²) in [4.78, 5) is 0. The molecule has 0 spiro atoms. The van der Waals surface area contributed by atoms with Gasteiger partial charge in [0.05, 0.1) is 12.3 Å². The third-order valence-electron chi connectivity index (χ3n) is 9.76. The minimum Gasteiger partial charge on any atom is -0.455 e. The van der Waals surface area contributed by atoms with E-state index in [2.05, 4.69) is 54.6 Å². The van der Waals surface area contributed by atoms with E-state index >= 15 is 0 Å². The Morgan fingerprint density at radius 2 is 1.04 bits per heavy atom. The first-order valence-electron chi connectivity index (χ1n) is 21.1. The predicted octanol–water partition coefficient (Wildman–Crippen LogP) is 13.6. The molecule has 0 atom stereocenters. The maximum atomic E-state index is 9.15. The number of rotatable bonds is 5. The lowest BCUT2D eigenvalue weighted by Crippen LogP contribution is -1.97. The van der Waals surface area contributed by atoms with E-state index in [0.717, 1.165) is 82.1 Å². The normalized spacial score (nSPS) is 14.2. The minimum atomic E-state index is -0.578. The van der Waals surface area contributed by atoms with Crippen molar-refractivity contribution in [3.63, 3.8) is 0 Å². The summed E-state index contributed by atoms with van der Waals surface area (Å²) < 4.78 is 84.5. The van der Waals surface area contributed by atoms with Crippen LogP contribution in [0.15, 0.2) is 186 Å². The Balaban J connectivity index is 1.23. The van der Waals surface area contributed by atoms with Crippen LogP contribution in [0.25, 0.3) is 87.6 Å². The zero-order valence-electron chi connectivity index (χ0n) is 35.7. The predicted molar refractivity (Wildman–Crippen MR) is 212 cm³/mol. The molecule has 50 heavy (non-hydrogen) atoms. The van der Waals surface area contributed by atoms with Crippen LogP contribution in [-0.2, 0) is 6.42 Å². The van der Waals surface area contributed by atoms with E-state index in [9.17, 15) is 0 Å². The van der Waals surface area contributed by atoms with E-state index in [1.807, 2.05) is 72.8 Å². The Kier molecular flexibility index (Phi) is 4.84. The SMILES string of the molecule is [2H]c1c([2H])c([2H])c(-c2c([2H])c([2H])c([2H])c([2H])c2Cc2c3ccccc3c(-c3ccc4oc5c6ccccc6c(-c6ccccc6)cc5c4c3)c3ccccc23)c([2H])c1[2H]. The number of furan rings is 1. The Bertz CT molecular complexity index is 3320. The average molecular weight is 646 g/mol. The Morgan fingerprint density at radius 1 is 0.420 bits per heavy atom. The number of hydrogen-bond acceptors (Lipinski definition) is 1. The van der Waals surface area contributed by atoms with Gasteiger partial charge >= 0.3 is 0 Å². The highest BCUT2D eigenvalue weighted by atomic mass is 16.3. The Hall–Kier alpha value is -6.44. The maximum absolute atomic E-state index is 9.15. The van der Waals surface area contributed by atoms with Crippen LogP contribution in [0, 0.1) is 0 Å². The fourth-order valence-electron chi connectivity index (χ4n) is 7.57. The van der Waals surface area contributed by atoms with Crippen LogP contribution in [-0.4, -0.2) is 0 Å². The van der Waals surface area contributed by atoms with Gasteiger partial charge in [0.1, 0.15) is 11.2 Å². The van der Waals surface area contributed by atoms with Gasteiger partial charge in [0.15, 0.2) is 0 Å². The minimum absolute atomic E-state index is 0.00354. The van der Waals surface area contributed by atoms with Gasteiger partial charge in [0, 0.05) is 16.2 Å². The molecule has 9 aromatic carbocycles. The zero-order valence-corrected chi connectivity index (χ0v) is 26.7. The fourth-order valence-corrected chi connectivity index (χ4v) is 7.57. The number of hydrogen-bond donors (Lipinski definition) is 0. The Labute approximate surface area is 303 Å². The summed E-state index contributed by atoms with van der Waals surface area (Å²) in [5.74, 6) is 0. The second-order valence-electron chi connectivity index (χ2n) is 12.5. The second-order valence-corrected chi connectivity index (χ2v) is 12.5. The molecule has 1 nitrogen and oxygen atoms in total. The van der Waals surface area contributed by atoms with E-state index in [4.69, 9.17) is 16.8 Å². The lowest BCUT2D eigenvalue weighted by molar-refractivity contribution is 0.673. The first-order valence-corrected chi connectivity index (χ1v) is 16.6. The van der Waals surface area contributed by atoms with Gasteiger partial charge in [-0.3, -0.25) is 0 Å². The summed E-state index contributed by atoms with van der Waals surface area (Å²) in [6.07, 6.45) is -0.00354. The van der Waals surface area contributed by atoms with Crippen molar-refractivity contribution >= 4 is 54.3 Å². The molecule has 0 bridgehead atoms. The van der Waals surface area contributed by atoms with Crippen LogP contribution >= 0.6 is 0 Å². The smallest absolute Gasteiger partial charge is 0.143 e. The van der Waals surface area contributed by atoms with Gasteiger partial charge in [-0.25, -0.2) is 0 Å². The summed E-state index contributed by atoms with van der Waals surface area (Å²) in [6, 6.07) is 38.5. The summed E-state index contributed by atoms with van der Waals surface area (Å²) >= 11 is 0. The standard InChI is InChI=1S/C49H32O/c1-3-15-32(16-4-1)36-20-8-7-19-34(36)29-44-37-21-9-12-24-40(37)48(41-25-13-10-22-38(41)44)35-27-28-47-45(30-35)46-31-43(33-17-5-2-6-18-33)39-23-11-14-26-42(39)49(46)50-47/h1-28,30-31H,29H2/i1D,3D,4D,7D,8D,15D,16D,19D,20D. The lowest BCUT2D eigenvalue weighted by Gasteiger charge is -2.19. The van der Waals surface area contributed by atoms with Crippen molar-refractivity contribution in [2.45, 2.75) is 6.42 Å². The molecule has 234 valence electrons. The van der Waals surface area contributed by atoms with E-state index in [0.29, 0.717) is 0 Å². The van der Waals surface area contributed by atoms with E-state index in [1.165, 1.54) is 0 Å². The van der Waals surface area contributed by atoms with Gasteiger partial charge in [0.2, 0.25) is 0 Å². The fraction of sp³-hybridized carbons (Fsp3) is 0.0204. The molecule has 10 rings (SSSR count). The van der Waals surface area contributed by atoms with Gasteiger partial charge in [-0.05, 0) is 96.1 Å². The molecular weight excluding hydrogens is 605 g/mol. The summed E-state index contributed by atoms with van der Waals surface area (Å²) in [6.45, 7) is 0. The van der Waals surface area contributed by atoms with E-state index in [1.54, 1.807) is 0 Å². The van der Waals surface area contributed by atoms with Crippen molar-refractivity contribution in [1.82, 2.24) is 0 Å². The van der Waals surface area contributed by atoms with Crippen molar-refractivity contribution in [2.24, 2.45) is 0 Å². The van der Waals surface area contributed by atoms with Crippen LogP contribution in [0.1, 0.15) is 23.5 Å². The molecule has 0 aliphatic rings. The quantitative estimate of drug-likeness (QED) is 0.170. The molecule has 0 amide bonds. The van der Waals surface area contributed by atoms with Crippen LogP contribution < -0.4 is 0 Å². The second kappa shape index (κ2) is 11.6. The highest BCUT2D eigenvalue weighted by Crippen LogP contribution is 2.44. The van der Waals surface area contributed by atoms with Crippen molar-refractivity contribution in [1.29, 1.82) is 0 Å². The molecule has 10 aromatic rings. The molecule has 0 aliphatic heterocycles. The first-order chi connectivity index (χ1) is 28.5. The van der Waals surface area contributed by atoms with Crippen molar-refractivity contribution in [2.75, 3.05) is 0 Å². The number of fused-ring (bicyclic) bond motifs is 7. The molecule has 0 radical (unpaired) electrons. The Morgan fingerprint density at radius 3 is 1.78 bits per heavy atom. The lowest BCUT2D eigenvalue weighted by atomic mass is 9.85. The zero-order chi connectivity index (χ0) is 40.9. The van der Waals surface area contributed by atoms with Gasteiger partial charge in [-0.1, -0.05) is 164 Å². The maximum Gasteiger partial charge on any atom is 0.143 e. The summed E-state index contributed by atoms with van der Waals surface area (Å²) in [7, 11) is 0. The van der Waals surface area contributed by atoms with Crippen LogP contribution in [0.3, 0.4) is 0 Å². The van der Waals surface area contributed by atoms with Crippen LogP contribution in [0.5, 0.6) is 0 Å². The molecule has 0 N–H and O–H groups in total. The first kappa shape index (κ1) is 20.8. The van der Waals surface area contributed by atoms with Crippen molar-refractivity contribution in [3.05, 3.63) is 193 Å². The van der Waals surface area contributed by atoms with Gasteiger partial charge in [0.25, 0.3) is 0 Å². The van der Waals surface area contributed by atoms with Crippen molar-refractivity contribution < 1.29 is 16.8 Å². The molecule has 0 saturated carbocycles. The van der Waals surface area contributed by atoms with E-state index in [-0.39, 0.29) is 29.2 Å². The highest BCUT2D eigenvalue weighted by Gasteiger charge is 2.19. The summed E-state index contributed by atoms with van der Waals surface area (Å²) in [5, 5.41) is 7.68. The summed E-state index contributed by atoms with van der Waals surface area (Å²) in [5.41, 5.74) is 6.33. The monoisotopic (exact) mass is 645 g/mol. The van der Waals surface area contributed by atoms with Gasteiger partial charge in [-0.15, -0.1) is 0 Å². The van der Waals surface area contributed by atoms with Crippen LogP contribution in [0.4, 0.5) is 0 Å². The largest absolute Gasteiger partial charge is 0.455 e. The number of benzene rings is 9. The van der Waals surface area contributed by atoms with Gasteiger partial charge < -0.3 is 4.42 Å². The third kappa shape index (κ3) is 4.55. The van der Waals surface area contributed by atoms with E-state index < -0.39 is 48.3 Å². The highest BCUT2D eigenvalue weighted by molar-refractivity contribution is 6.21.